The molecular formula is C15H22O8Si. The lowest BCUT2D eigenvalue weighted by molar-refractivity contribution is -0.148. The molecule has 0 saturated carbocycles. The Balaban J connectivity index is 4.44. The van der Waals surface area contributed by atoms with Gasteiger partial charge in [0.25, 0.3) is 17.9 Å². The fourth-order valence-electron chi connectivity index (χ4n) is 1.46. The summed E-state index contributed by atoms with van der Waals surface area (Å²) in [6.07, 6.45) is 0.762. The molecule has 0 fully saturated rings. The van der Waals surface area contributed by atoms with Crippen molar-refractivity contribution in [2.75, 3.05) is 6.61 Å². The van der Waals surface area contributed by atoms with E-state index in [1.807, 2.05) is 0 Å². The molecule has 0 N–H and O–H groups in total. The van der Waals surface area contributed by atoms with Crippen LogP contribution in [0.5, 0.6) is 0 Å². The minimum Gasteiger partial charge on any atom is -0.462 e. The summed E-state index contributed by atoms with van der Waals surface area (Å²) in [5.41, 5.74) is 1.32. The molecule has 0 atom stereocenters. The van der Waals surface area contributed by atoms with Crippen molar-refractivity contribution >= 4 is 32.7 Å². The molecule has 0 aliphatic rings. The maximum atomic E-state index is 11.8. The number of unbranched alkanes of at least 4 members (excludes halogenated alkanes) is 1. The zero-order valence-electron chi connectivity index (χ0n) is 14.1. The lowest BCUT2D eigenvalue weighted by Crippen LogP contribution is -2.48. The van der Waals surface area contributed by atoms with Crippen LogP contribution in [0.25, 0.3) is 0 Å². The van der Waals surface area contributed by atoms with Crippen LogP contribution in [0.4, 0.5) is 0 Å². The average Bonchev–Trinajstić information content (AvgIpc) is 2.44. The average molecular weight is 358 g/mol. The number of rotatable bonds is 10. The fourth-order valence-corrected chi connectivity index (χ4v) is 3.05. The number of hydrogen-bond donors (Lipinski definition) is 0. The quantitative estimate of drug-likeness (QED) is 0.251. The van der Waals surface area contributed by atoms with Gasteiger partial charge in [0.15, 0.2) is 0 Å². The van der Waals surface area contributed by atoms with E-state index in [4.69, 9.17) is 18.0 Å². The van der Waals surface area contributed by atoms with Crippen LogP contribution in [-0.4, -0.2) is 39.3 Å². The number of ether oxygens (including phenoxy) is 1. The highest BCUT2D eigenvalue weighted by molar-refractivity contribution is 6.70. The van der Waals surface area contributed by atoms with Crippen molar-refractivity contribution in [3.8, 4) is 0 Å². The van der Waals surface area contributed by atoms with Gasteiger partial charge >= 0.3 is 14.8 Å². The largest absolute Gasteiger partial charge is 0.734 e. The SMILES string of the molecule is C=C[Si](OC(C)=O)(OC(C)=O)OC(=O)CCCCOC(=O)C(=C)C. The third-order valence-electron chi connectivity index (χ3n) is 2.43. The Bertz CT molecular complexity index is 510. The van der Waals surface area contributed by atoms with Crippen LogP contribution in [0.2, 0.25) is 0 Å². The smallest absolute Gasteiger partial charge is 0.462 e. The Hall–Kier alpha value is -2.42. The Kier molecular flexibility index (Phi) is 9.32. The van der Waals surface area contributed by atoms with Gasteiger partial charge in [0, 0.05) is 31.5 Å². The molecule has 9 heteroatoms. The van der Waals surface area contributed by atoms with E-state index < -0.39 is 32.7 Å². The lowest BCUT2D eigenvalue weighted by atomic mass is 10.2. The van der Waals surface area contributed by atoms with Gasteiger partial charge in [-0.1, -0.05) is 13.2 Å². The number of carbonyl (C=O) groups excluding carboxylic acids is 4. The second-order valence-corrected chi connectivity index (χ2v) is 7.07. The minimum atomic E-state index is -3.94. The van der Waals surface area contributed by atoms with Crippen molar-refractivity contribution in [1.29, 1.82) is 0 Å². The first-order chi connectivity index (χ1) is 11.1. The molecule has 0 aromatic rings. The van der Waals surface area contributed by atoms with Gasteiger partial charge in [0.1, 0.15) is 0 Å². The van der Waals surface area contributed by atoms with E-state index >= 15 is 0 Å². The molecule has 8 nitrogen and oxygen atoms in total. The van der Waals surface area contributed by atoms with Crippen LogP contribution in [0, 0.1) is 0 Å². The normalized spacial score (nSPS) is 10.3. The van der Waals surface area contributed by atoms with Gasteiger partial charge in [0.05, 0.1) is 6.61 Å². The molecule has 0 bridgehead atoms. The highest BCUT2D eigenvalue weighted by Gasteiger charge is 2.49. The van der Waals surface area contributed by atoms with Crippen molar-refractivity contribution < 1.29 is 37.2 Å². The standard InChI is InChI=1S/C15H22O8Si/c1-6-24(21-12(4)16,22-13(5)17)23-14(18)9-7-8-10-20-15(19)11(2)3/h6H,1-2,7-10H2,3-5H3. The van der Waals surface area contributed by atoms with E-state index in [2.05, 4.69) is 13.2 Å². The molecule has 0 aromatic heterocycles. The third-order valence-corrected chi connectivity index (χ3v) is 4.59. The molecule has 134 valence electrons. The highest BCUT2D eigenvalue weighted by atomic mass is 28.4. The van der Waals surface area contributed by atoms with Gasteiger partial charge in [-0.2, -0.15) is 0 Å². The zero-order chi connectivity index (χ0) is 18.8. The second kappa shape index (κ2) is 10.4. The first kappa shape index (κ1) is 21.6. The molecule has 0 aliphatic carbocycles. The molecule has 0 aliphatic heterocycles. The summed E-state index contributed by atoms with van der Waals surface area (Å²) in [6.45, 7) is 10.7. The third kappa shape index (κ3) is 8.88. The zero-order valence-corrected chi connectivity index (χ0v) is 15.1. The van der Waals surface area contributed by atoms with Gasteiger partial charge in [-0.3, -0.25) is 14.4 Å². The summed E-state index contributed by atoms with van der Waals surface area (Å²) >= 11 is 0. The predicted octanol–water partition coefficient (Wildman–Crippen LogP) is 1.61. The van der Waals surface area contributed by atoms with Crippen LogP contribution in [0.15, 0.2) is 24.4 Å². The van der Waals surface area contributed by atoms with E-state index in [-0.39, 0.29) is 13.0 Å². The molecular weight excluding hydrogens is 336 g/mol. The van der Waals surface area contributed by atoms with Crippen molar-refractivity contribution in [3.05, 3.63) is 24.4 Å². The van der Waals surface area contributed by atoms with Crippen molar-refractivity contribution in [1.82, 2.24) is 0 Å². The van der Waals surface area contributed by atoms with Gasteiger partial charge in [-0.25, -0.2) is 4.79 Å². The molecule has 0 rings (SSSR count). The molecule has 0 spiro atoms. The molecule has 0 amide bonds. The summed E-state index contributed by atoms with van der Waals surface area (Å²) < 4.78 is 19.7. The molecule has 0 heterocycles. The maximum absolute atomic E-state index is 11.8. The molecule has 0 unspecified atom stereocenters. The summed E-state index contributed by atoms with van der Waals surface area (Å²) in [4.78, 5) is 45.3. The maximum Gasteiger partial charge on any atom is 0.734 e. The Labute approximate surface area is 141 Å². The second-order valence-electron chi connectivity index (χ2n) is 4.84. The van der Waals surface area contributed by atoms with Crippen LogP contribution in [-0.2, 0) is 37.2 Å². The summed E-state index contributed by atoms with van der Waals surface area (Å²) in [5, 5.41) is 0. The van der Waals surface area contributed by atoms with Crippen molar-refractivity contribution in [2.24, 2.45) is 0 Å². The van der Waals surface area contributed by atoms with Gasteiger partial charge in [-0.15, -0.1) is 0 Å². The van der Waals surface area contributed by atoms with Gasteiger partial charge < -0.3 is 18.0 Å². The first-order valence-electron chi connectivity index (χ1n) is 7.19. The Morgan fingerprint density at radius 2 is 1.50 bits per heavy atom. The van der Waals surface area contributed by atoms with Crippen molar-refractivity contribution in [2.45, 2.75) is 40.0 Å². The number of hydrogen-bond acceptors (Lipinski definition) is 8. The van der Waals surface area contributed by atoms with Gasteiger partial charge in [0.2, 0.25) is 0 Å². The van der Waals surface area contributed by atoms with E-state index in [9.17, 15) is 19.2 Å². The molecule has 24 heavy (non-hydrogen) atoms. The molecule has 0 radical (unpaired) electrons. The lowest BCUT2D eigenvalue weighted by Gasteiger charge is -2.23. The van der Waals surface area contributed by atoms with Crippen LogP contribution in [0.3, 0.4) is 0 Å². The van der Waals surface area contributed by atoms with Crippen LogP contribution in [0.1, 0.15) is 40.0 Å². The number of esters is 1. The van der Waals surface area contributed by atoms with Crippen molar-refractivity contribution in [3.63, 3.8) is 0 Å². The molecule has 0 aromatic carbocycles. The predicted molar refractivity (Wildman–Crippen MR) is 85.2 cm³/mol. The minimum absolute atomic E-state index is 0.0320. The summed E-state index contributed by atoms with van der Waals surface area (Å²) in [5.74, 6) is -2.74. The van der Waals surface area contributed by atoms with E-state index in [1.165, 1.54) is 6.92 Å². The van der Waals surface area contributed by atoms with Gasteiger partial charge in [-0.05, 0) is 19.8 Å². The van der Waals surface area contributed by atoms with Crippen LogP contribution < -0.4 is 0 Å². The van der Waals surface area contributed by atoms with E-state index in [0.29, 0.717) is 18.4 Å². The number of carbonyl (C=O) groups is 4. The molecule has 0 saturated heterocycles. The van der Waals surface area contributed by atoms with E-state index in [1.54, 1.807) is 0 Å². The first-order valence-corrected chi connectivity index (χ1v) is 8.99. The Morgan fingerprint density at radius 1 is 0.958 bits per heavy atom. The van der Waals surface area contributed by atoms with E-state index in [0.717, 1.165) is 19.5 Å². The highest BCUT2D eigenvalue weighted by Crippen LogP contribution is 2.14. The Morgan fingerprint density at radius 3 is 1.92 bits per heavy atom. The fraction of sp³-hybridized carbons (Fsp3) is 0.467. The summed E-state index contributed by atoms with van der Waals surface area (Å²) in [7, 11) is -3.94. The topological polar surface area (TPSA) is 105 Å². The monoisotopic (exact) mass is 358 g/mol. The summed E-state index contributed by atoms with van der Waals surface area (Å²) in [6, 6.07) is 0. The van der Waals surface area contributed by atoms with Crippen LogP contribution >= 0.6 is 0 Å².